The third-order valence-electron chi connectivity index (χ3n) is 4.27. The minimum Gasteiger partial charge on any atom is -0.490 e. The van der Waals surface area contributed by atoms with E-state index in [0.29, 0.717) is 17.3 Å². The molecule has 1 aliphatic heterocycles. The number of ether oxygens (including phenoxy) is 1. The van der Waals surface area contributed by atoms with Crippen LogP contribution in [0.3, 0.4) is 0 Å². The SMILES string of the molecule is CC1=CC(c2ccncc2)(C(F)(F)F)NC=C1OCC(C)(N)CC(C)C. The van der Waals surface area contributed by atoms with Gasteiger partial charge in [0, 0.05) is 24.1 Å². The zero-order chi connectivity index (χ0) is 19.6. The number of allylic oxidation sites excluding steroid dienone is 1. The summed E-state index contributed by atoms with van der Waals surface area (Å²) in [6.07, 6.45) is 1.32. The lowest BCUT2D eigenvalue weighted by Gasteiger charge is -2.37. The van der Waals surface area contributed by atoms with Crippen molar-refractivity contribution in [2.24, 2.45) is 11.7 Å². The molecule has 0 aromatic carbocycles. The molecule has 26 heavy (non-hydrogen) atoms. The number of nitrogens with one attached hydrogen (secondary N) is 1. The summed E-state index contributed by atoms with van der Waals surface area (Å²) in [7, 11) is 0. The van der Waals surface area contributed by atoms with Gasteiger partial charge in [0.05, 0.1) is 0 Å². The largest absolute Gasteiger partial charge is 0.490 e. The fourth-order valence-corrected chi connectivity index (χ4v) is 3.23. The number of alkyl halides is 3. The summed E-state index contributed by atoms with van der Waals surface area (Å²) in [4.78, 5) is 3.80. The van der Waals surface area contributed by atoms with Crippen LogP contribution in [0.5, 0.6) is 0 Å². The van der Waals surface area contributed by atoms with Gasteiger partial charge in [-0.1, -0.05) is 13.8 Å². The zero-order valence-electron chi connectivity index (χ0n) is 15.5. The molecule has 7 heteroatoms. The highest BCUT2D eigenvalue weighted by Gasteiger charge is 2.55. The molecule has 0 bridgehead atoms. The van der Waals surface area contributed by atoms with Crippen LogP contribution in [0.4, 0.5) is 13.2 Å². The highest BCUT2D eigenvalue weighted by Crippen LogP contribution is 2.43. The van der Waals surface area contributed by atoms with E-state index in [1.54, 1.807) is 6.92 Å². The van der Waals surface area contributed by atoms with E-state index in [1.807, 2.05) is 6.92 Å². The van der Waals surface area contributed by atoms with Crippen LogP contribution >= 0.6 is 0 Å². The van der Waals surface area contributed by atoms with Crippen molar-refractivity contribution < 1.29 is 17.9 Å². The number of nitrogens with zero attached hydrogens (tertiary/aromatic N) is 1. The molecule has 2 unspecified atom stereocenters. The van der Waals surface area contributed by atoms with E-state index >= 15 is 0 Å². The van der Waals surface area contributed by atoms with Crippen molar-refractivity contribution >= 4 is 0 Å². The smallest absolute Gasteiger partial charge is 0.419 e. The minimum absolute atomic E-state index is 0.0677. The Hall–Kier alpha value is -2.02. The second kappa shape index (κ2) is 7.31. The average molecular weight is 369 g/mol. The molecule has 0 saturated carbocycles. The standard InChI is InChI=1S/C19H26F3N3O/c1-13(2)9-17(4,23)12-26-16-11-25-18(10-14(16)3,19(20,21)22)15-5-7-24-8-6-15/h5-8,10-11,13,25H,9,12,23H2,1-4H3. The highest BCUT2D eigenvalue weighted by molar-refractivity contribution is 5.41. The number of nitrogens with two attached hydrogens (primary N) is 1. The summed E-state index contributed by atoms with van der Waals surface area (Å²) in [6, 6.07) is 2.70. The molecular weight excluding hydrogens is 343 g/mol. The number of rotatable bonds is 6. The van der Waals surface area contributed by atoms with Crippen LogP contribution in [0, 0.1) is 5.92 Å². The van der Waals surface area contributed by atoms with Crippen LogP contribution in [0.2, 0.25) is 0 Å². The maximum Gasteiger partial charge on any atom is 0.419 e. The molecule has 2 heterocycles. The van der Waals surface area contributed by atoms with E-state index in [9.17, 15) is 13.2 Å². The van der Waals surface area contributed by atoms with Crippen LogP contribution in [0.15, 0.2) is 48.1 Å². The van der Waals surface area contributed by atoms with Crippen LogP contribution in [0.25, 0.3) is 0 Å². The van der Waals surface area contributed by atoms with E-state index in [1.165, 1.54) is 30.7 Å². The monoisotopic (exact) mass is 369 g/mol. The predicted octanol–water partition coefficient (Wildman–Crippen LogP) is 4.01. The van der Waals surface area contributed by atoms with Gasteiger partial charge in [-0.05, 0) is 55.5 Å². The lowest BCUT2D eigenvalue weighted by atomic mass is 9.85. The first kappa shape index (κ1) is 20.3. The number of pyridine rings is 1. The first-order valence-corrected chi connectivity index (χ1v) is 8.53. The van der Waals surface area contributed by atoms with Gasteiger partial charge in [-0.15, -0.1) is 0 Å². The van der Waals surface area contributed by atoms with E-state index in [-0.39, 0.29) is 12.2 Å². The Labute approximate surface area is 152 Å². The van der Waals surface area contributed by atoms with Gasteiger partial charge in [-0.2, -0.15) is 13.2 Å². The normalized spacial score (nSPS) is 23.0. The fourth-order valence-electron chi connectivity index (χ4n) is 3.23. The minimum atomic E-state index is -4.53. The second-order valence-corrected chi connectivity index (χ2v) is 7.56. The van der Waals surface area contributed by atoms with Crippen LogP contribution in [-0.4, -0.2) is 23.3 Å². The zero-order valence-corrected chi connectivity index (χ0v) is 15.5. The Morgan fingerprint density at radius 1 is 1.27 bits per heavy atom. The number of aromatic nitrogens is 1. The fraction of sp³-hybridized carbons (Fsp3) is 0.526. The van der Waals surface area contributed by atoms with Gasteiger partial charge in [-0.25, -0.2) is 0 Å². The van der Waals surface area contributed by atoms with Gasteiger partial charge >= 0.3 is 6.18 Å². The van der Waals surface area contributed by atoms with Crippen molar-refractivity contribution in [3.63, 3.8) is 0 Å². The van der Waals surface area contributed by atoms with Crippen LogP contribution in [0.1, 0.15) is 39.7 Å². The lowest BCUT2D eigenvalue weighted by Crippen LogP contribution is -2.52. The van der Waals surface area contributed by atoms with Gasteiger partial charge in [0.2, 0.25) is 0 Å². The second-order valence-electron chi connectivity index (χ2n) is 7.56. The third kappa shape index (κ3) is 4.38. The summed E-state index contributed by atoms with van der Waals surface area (Å²) >= 11 is 0. The molecule has 0 radical (unpaired) electrons. The number of dihydropyridines is 1. The molecule has 1 aliphatic rings. The molecule has 1 aromatic heterocycles. The molecule has 0 amide bonds. The van der Waals surface area contributed by atoms with Gasteiger partial charge in [-0.3, -0.25) is 4.98 Å². The van der Waals surface area contributed by atoms with Crippen LogP contribution in [-0.2, 0) is 10.3 Å². The summed E-state index contributed by atoms with van der Waals surface area (Å²) in [6.45, 7) is 7.82. The number of halogens is 3. The van der Waals surface area contributed by atoms with Crippen LogP contribution < -0.4 is 11.1 Å². The van der Waals surface area contributed by atoms with Gasteiger partial charge in [0.15, 0.2) is 5.54 Å². The van der Waals surface area contributed by atoms with E-state index in [4.69, 9.17) is 10.5 Å². The Kier molecular flexibility index (Phi) is 5.70. The van der Waals surface area contributed by atoms with Crippen molar-refractivity contribution in [3.8, 4) is 0 Å². The van der Waals surface area contributed by atoms with Crippen molar-refractivity contribution in [2.75, 3.05) is 6.61 Å². The topological polar surface area (TPSA) is 60.2 Å². The van der Waals surface area contributed by atoms with Crippen molar-refractivity contribution in [3.05, 3.63) is 53.7 Å². The van der Waals surface area contributed by atoms with E-state index in [0.717, 1.165) is 12.5 Å². The molecule has 3 N–H and O–H groups in total. The molecule has 4 nitrogen and oxygen atoms in total. The maximum atomic E-state index is 13.9. The number of hydrogen-bond acceptors (Lipinski definition) is 4. The quantitative estimate of drug-likeness (QED) is 0.795. The molecule has 1 aromatic rings. The van der Waals surface area contributed by atoms with Crippen molar-refractivity contribution in [2.45, 2.75) is 51.4 Å². The summed E-state index contributed by atoms with van der Waals surface area (Å²) < 4.78 is 47.4. The third-order valence-corrected chi connectivity index (χ3v) is 4.27. The molecule has 2 atom stereocenters. The Balaban J connectivity index is 2.23. The lowest BCUT2D eigenvalue weighted by molar-refractivity contribution is -0.183. The van der Waals surface area contributed by atoms with E-state index < -0.39 is 17.3 Å². The highest BCUT2D eigenvalue weighted by atomic mass is 19.4. The molecule has 0 aliphatic carbocycles. The Morgan fingerprint density at radius 2 is 1.88 bits per heavy atom. The average Bonchev–Trinajstić information content (AvgIpc) is 2.52. The summed E-state index contributed by atoms with van der Waals surface area (Å²) in [5.41, 5.74) is 3.82. The molecule has 0 spiro atoms. The van der Waals surface area contributed by atoms with Gasteiger partial charge in [0.1, 0.15) is 12.4 Å². The summed E-state index contributed by atoms with van der Waals surface area (Å²) in [5, 5.41) is 2.49. The summed E-state index contributed by atoms with van der Waals surface area (Å²) in [5.74, 6) is 0.757. The van der Waals surface area contributed by atoms with Gasteiger partial charge < -0.3 is 15.8 Å². The Bertz CT molecular complexity index is 681. The molecule has 0 saturated heterocycles. The van der Waals surface area contributed by atoms with Gasteiger partial charge in [0.25, 0.3) is 0 Å². The van der Waals surface area contributed by atoms with Crippen molar-refractivity contribution in [1.82, 2.24) is 10.3 Å². The Morgan fingerprint density at radius 3 is 2.38 bits per heavy atom. The van der Waals surface area contributed by atoms with E-state index in [2.05, 4.69) is 24.1 Å². The van der Waals surface area contributed by atoms with Crippen molar-refractivity contribution in [1.29, 1.82) is 0 Å². The molecule has 144 valence electrons. The maximum absolute atomic E-state index is 13.9. The first-order valence-electron chi connectivity index (χ1n) is 8.53. The molecular formula is C19H26F3N3O. The first-order chi connectivity index (χ1) is 12.0. The molecule has 0 fully saturated rings. The predicted molar refractivity (Wildman–Crippen MR) is 94.9 cm³/mol. The molecule has 2 rings (SSSR count). The number of hydrogen-bond donors (Lipinski definition) is 2.